The van der Waals surface area contributed by atoms with E-state index in [0.29, 0.717) is 24.0 Å². The summed E-state index contributed by atoms with van der Waals surface area (Å²) in [6, 6.07) is 23.5. The molecular weight excluding hydrogens is 304 g/mol. The van der Waals surface area contributed by atoms with E-state index in [1.165, 1.54) is 11.1 Å². The highest BCUT2D eigenvalue weighted by atomic mass is 15.3. The fourth-order valence-electron chi connectivity index (χ4n) is 4.20. The lowest BCUT2D eigenvalue weighted by Gasteiger charge is -2.48. The minimum Gasteiger partial charge on any atom is -0.295 e. The third-order valence-corrected chi connectivity index (χ3v) is 5.52. The van der Waals surface area contributed by atoms with Gasteiger partial charge in [-0.2, -0.15) is 0 Å². The number of hydrogen-bond donors (Lipinski definition) is 0. The van der Waals surface area contributed by atoms with Crippen molar-refractivity contribution in [2.24, 2.45) is 5.92 Å². The number of hydrogen-bond acceptors (Lipinski definition) is 2. The molecule has 3 rings (SSSR count). The van der Waals surface area contributed by atoms with Crippen LogP contribution in [-0.2, 0) is 0 Å². The second-order valence-electron chi connectivity index (χ2n) is 7.86. The maximum atomic E-state index is 2.69. The van der Waals surface area contributed by atoms with Gasteiger partial charge in [-0.3, -0.25) is 9.80 Å². The van der Waals surface area contributed by atoms with Crippen LogP contribution in [0.15, 0.2) is 60.7 Å². The molecule has 0 saturated carbocycles. The quantitative estimate of drug-likeness (QED) is 0.772. The van der Waals surface area contributed by atoms with Gasteiger partial charge in [-0.1, -0.05) is 74.5 Å². The molecule has 0 bridgehead atoms. The van der Waals surface area contributed by atoms with Crippen LogP contribution >= 0.6 is 0 Å². The maximum Gasteiger partial charge on any atom is 0.0602 e. The Bertz CT molecular complexity index is 596. The standard InChI is InChI=1S/C23H32N2/c1-18(2)22-17-24(15-16-25(22)19(3)4)23(20-11-7-5-8-12-20)21-13-9-6-10-14-21/h5-14,18-19,22-23H,15-17H2,1-4H3/t22-/m0/s1. The smallest absolute Gasteiger partial charge is 0.0602 e. The van der Waals surface area contributed by atoms with Gasteiger partial charge in [0.1, 0.15) is 0 Å². The first-order valence-corrected chi connectivity index (χ1v) is 9.67. The highest BCUT2D eigenvalue weighted by Crippen LogP contribution is 2.32. The Morgan fingerprint density at radius 3 is 1.72 bits per heavy atom. The van der Waals surface area contributed by atoms with Gasteiger partial charge in [0.15, 0.2) is 0 Å². The first kappa shape index (κ1) is 18.2. The zero-order valence-corrected chi connectivity index (χ0v) is 16.1. The lowest BCUT2D eigenvalue weighted by atomic mass is 9.92. The lowest BCUT2D eigenvalue weighted by molar-refractivity contribution is 0.0158. The predicted molar refractivity (Wildman–Crippen MR) is 107 cm³/mol. The molecule has 1 atom stereocenters. The molecule has 0 unspecified atom stereocenters. The van der Waals surface area contributed by atoms with Crippen molar-refractivity contribution in [1.82, 2.24) is 9.80 Å². The van der Waals surface area contributed by atoms with Crippen molar-refractivity contribution in [1.29, 1.82) is 0 Å². The molecule has 2 nitrogen and oxygen atoms in total. The van der Waals surface area contributed by atoms with Crippen LogP contribution in [0.5, 0.6) is 0 Å². The van der Waals surface area contributed by atoms with E-state index in [2.05, 4.69) is 98.2 Å². The summed E-state index contributed by atoms with van der Waals surface area (Å²) in [6.07, 6.45) is 0. The van der Waals surface area contributed by atoms with Gasteiger partial charge in [-0.05, 0) is 30.9 Å². The Morgan fingerprint density at radius 2 is 1.28 bits per heavy atom. The average molecular weight is 337 g/mol. The van der Waals surface area contributed by atoms with Gasteiger partial charge >= 0.3 is 0 Å². The fraction of sp³-hybridized carbons (Fsp3) is 0.478. The molecule has 0 radical (unpaired) electrons. The molecule has 0 aliphatic carbocycles. The van der Waals surface area contributed by atoms with E-state index in [9.17, 15) is 0 Å². The normalized spacial score (nSPS) is 19.9. The molecule has 1 fully saturated rings. The van der Waals surface area contributed by atoms with Crippen molar-refractivity contribution < 1.29 is 0 Å². The largest absolute Gasteiger partial charge is 0.295 e. The third-order valence-electron chi connectivity index (χ3n) is 5.52. The fourth-order valence-corrected chi connectivity index (χ4v) is 4.20. The Labute approximate surface area is 153 Å². The summed E-state index contributed by atoms with van der Waals surface area (Å²) >= 11 is 0. The Hall–Kier alpha value is -1.64. The van der Waals surface area contributed by atoms with E-state index in [-0.39, 0.29) is 0 Å². The molecule has 0 N–H and O–H groups in total. The number of rotatable bonds is 5. The van der Waals surface area contributed by atoms with Gasteiger partial charge in [0.2, 0.25) is 0 Å². The van der Waals surface area contributed by atoms with Gasteiger partial charge in [-0.15, -0.1) is 0 Å². The Kier molecular flexibility index (Phi) is 5.93. The summed E-state index contributed by atoms with van der Waals surface area (Å²) in [4.78, 5) is 5.38. The molecule has 2 aromatic carbocycles. The highest BCUT2D eigenvalue weighted by Gasteiger charge is 2.34. The summed E-state index contributed by atoms with van der Waals surface area (Å²) in [6.45, 7) is 12.8. The van der Waals surface area contributed by atoms with Crippen LogP contribution in [-0.4, -0.2) is 41.5 Å². The van der Waals surface area contributed by atoms with Crippen LogP contribution in [0.3, 0.4) is 0 Å². The van der Waals surface area contributed by atoms with Crippen LogP contribution in [0.4, 0.5) is 0 Å². The zero-order chi connectivity index (χ0) is 17.8. The monoisotopic (exact) mass is 336 g/mol. The van der Waals surface area contributed by atoms with Crippen molar-refractivity contribution in [2.45, 2.75) is 45.8 Å². The van der Waals surface area contributed by atoms with E-state index in [1.54, 1.807) is 0 Å². The molecule has 2 heteroatoms. The van der Waals surface area contributed by atoms with Crippen molar-refractivity contribution >= 4 is 0 Å². The minimum absolute atomic E-state index is 0.345. The van der Waals surface area contributed by atoms with Gasteiger partial charge in [0.05, 0.1) is 6.04 Å². The summed E-state index contributed by atoms with van der Waals surface area (Å²) in [5.74, 6) is 0.664. The molecule has 1 aliphatic rings. The van der Waals surface area contributed by atoms with Crippen LogP contribution < -0.4 is 0 Å². The molecule has 1 aliphatic heterocycles. The number of nitrogens with zero attached hydrogens (tertiary/aromatic N) is 2. The third kappa shape index (κ3) is 4.13. The van der Waals surface area contributed by atoms with Crippen LogP contribution in [0.2, 0.25) is 0 Å². The van der Waals surface area contributed by atoms with E-state index in [0.717, 1.165) is 19.6 Å². The number of piperazine rings is 1. The summed E-state index contributed by atoms with van der Waals surface area (Å²) in [5, 5.41) is 0. The summed E-state index contributed by atoms with van der Waals surface area (Å²) in [7, 11) is 0. The molecule has 1 heterocycles. The van der Waals surface area contributed by atoms with Crippen LogP contribution in [0.25, 0.3) is 0 Å². The summed E-state index contributed by atoms with van der Waals surface area (Å²) in [5.41, 5.74) is 2.79. The molecule has 1 saturated heterocycles. The first-order valence-electron chi connectivity index (χ1n) is 9.67. The van der Waals surface area contributed by atoms with Crippen molar-refractivity contribution in [3.63, 3.8) is 0 Å². The van der Waals surface area contributed by atoms with E-state index >= 15 is 0 Å². The summed E-state index contributed by atoms with van der Waals surface area (Å²) < 4.78 is 0. The minimum atomic E-state index is 0.345. The molecule has 0 spiro atoms. The molecule has 25 heavy (non-hydrogen) atoms. The van der Waals surface area contributed by atoms with E-state index in [1.807, 2.05) is 0 Å². The second-order valence-corrected chi connectivity index (χ2v) is 7.86. The topological polar surface area (TPSA) is 6.48 Å². The van der Waals surface area contributed by atoms with Crippen molar-refractivity contribution in [3.05, 3.63) is 71.8 Å². The van der Waals surface area contributed by atoms with Gasteiger partial charge < -0.3 is 0 Å². The van der Waals surface area contributed by atoms with Gasteiger partial charge in [0, 0.05) is 31.7 Å². The molecule has 2 aromatic rings. The highest BCUT2D eigenvalue weighted by molar-refractivity contribution is 5.32. The Morgan fingerprint density at radius 1 is 0.760 bits per heavy atom. The lowest BCUT2D eigenvalue weighted by Crippen LogP contribution is -2.57. The van der Waals surface area contributed by atoms with Gasteiger partial charge in [-0.25, -0.2) is 0 Å². The van der Waals surface area contributed by atoms with Crippen molar-refractivity contribution in [2.75, 3.05) is 19.6 Å². The van der Waals surface area contributed by atoms with Crippen LogP contribution in [0, 0.1) is 5.92 Å². The average Bonchev–Trinajstić information content (AvgIpc) is 2.63. The molecular formula is C23H32N2. The maximum absolute atomic E-state index is 2.69. The zero-order valence-electron chi connectivity index (χ0n) is 16.1. The van der Waals surface area contributed by atoms with Crippen molar-refractivity contribution in [3.8, 4) is 0 Å². The van der Waals surface area contributed by atoms with E-state index < -0.39 is 0 Å². The van der Waals surface area contributed by atoms with E-state index in [4.69, 9.17) is 0 Å². The molecule has 0 aromatic heterocycles. The SMILES string of the molecule is CC(C)[C@@H]1CN(C(c2ccccc2)c2ccccc2)CCN1C(C)C. The second kappa shape index (κ2) is 8.16. The predicted octanol–water partition coefficient (Wildman–Crippen LogP) is 4.83. The number of benzene rings is 2. The van der Waals surface area contributed by atoms with Crippen LogP contribution in [0.1, 0.15) is 44.9 Å². The van der Waals surface area contributed by atoms with Gasteiger partial charge in [0.25, 0.3) is 0 Å². The first-order chi connectivity index (χ1) is 12.1. The molecule has 0 amide bonds. The Balaban J connectivity index is 1.92. The molecule has 134 valence electrons.